The summed E-state index contributed by atoms with van der Waals surface area (Å²) in [6.45, 7) is 1.53. The minimum absolute atomic E-state index is 1.37. The quantitative estimate of drug-likeness (QED) is 0.304. The van der Waals surface area contributed by atoms with Crippen molar-refractivity contribution in [1.82, 2.24) is 0 Å². The maximum absolute atomic E-state index is 5.95. The van der Waals surface area contributed by atoms with E-state index in [4.69, 9.17) is 52.2 Å². The van der Waals surface area contributed by atoms with Gasteiger partial charge in [-0.3, -0.25) is 0 Å². The maximum atomic E-state index is 5.95. The van der Waals surface area contributed by atoms with Crippen LogP contribution < -0.4 is 0 Å². The van der Waals surface area contributed by atoms with Crippen molar-refractivity contribution in [3.63, 3.8) is 0 Å². The van der Waals surface area contributed by atoms with Crippen LogP contribution in [0.2, 0.25) is 6.55 Å². The molecule has 0 aromatic rings. The summed E-state index contributed by atoms with van der Waals surface area (Å²) in [4.78, 5) is 0. The fourth-order valence-electron chi connectivity index (χ4n) is 1.87. The predicted octanol–water partition coefficient (Wildman–Crippen LogP) is -0.271. The predicted molar refractivity (Wildman–Crippen MR) is 95.2 cm³/mol. The van der Waals surface area contributed by atoms with E-state index in [-0.39, 0.29) is 0 Å². The van der Waals surface area contributed by atoms with Crippen molar-refractivity contribution in [2.75, 3.05) is 64.0 Å². The Bertz CT molecular complexity index is 310. The standard InChI is InChI=1S/C10H30O12Si4/c1-11-24(12-2,13-3)20-23(10,21-25(14-4,15-5)16-6)22-26(17-7,18-8)19-9/h1-10H3. The molecule has 0 saturated carbocycles. The molecule has 0 radical (unpaired) electrons. The Morgan fingerprint density at radius 2 is 0.500 bits per heavy atom. The van der Waals surface area contributed by atoms with Crippen LogP contribution >= 0.6 is 0 Å². The first-order valence-electron chi connectivity index (χ1n) is 7.24. The summed E-state index contributed by atoms with van der Waals surface area (Å²) in [6.07, 6.45) is 0. The van der Waals surface area contributed by atoms with Gasteiger partial charge in [-0.25, -0.2) is 0 Å². The molecule has 0 aromatic heterocycles. The lowest BCUT2D eigenvalue weighted by Crippen LogP contribution is -2.68. The van der Waals surface area contributed by atoms with Gasteiger partial charge in [-0.2, -0.15) is 0 Å². The molecular weight excluding hydrogens is 424 g/mol. The van der Waals surface area contributed by atoms with E-state index in [1.807, 2.05) is 0 Å². The molecule has 16 heteroatoms. The molecule has 0 bridgehead atoms. The van der Waals surface area contributed by atoms with Gasteiger partial charge in [0.2, 0.25) is 0 Å². The number of hydrogen-bond acceptors (Lipinski definition) is 12. The summed E-state index contributed by atoms with van der Waals surface area (Å²) in [6, 6.07) is 0. The largest absolute Gasteiger partial charge is 0.671 e. The Kier molecular flexibility index (Phi) is 11.6. The van der Waals surface area contributed by atoms with E-state index < -0.39 is 35.9 Å². The Morgan fingerprint density at radius 3 is 0.615 bits per heavy atom. The van der Waals surface area contributed by atoms with E-state index in [0.29, 0.717) is 0 Å². The summed E-state index contributed by atoms with van der Waals surface area (Å²) >= 11 is 0. The second kappa shape index (κ2) is 11.4. The minimum Gasteiger partial charge on any atom is -0.355 e. The zero-order chi connectivity index (χ0) is 20.5. The van der Waals surface area contributed by atoms with Gasteiger partial charge in [0.05, 0.1) is 0 Å². The summed E-state index contributed by atoms with van der Waals surface area (Å²) in [5, 5.41) is 0. The van der Waals surface area contributed by atoms with Crippen LogP contribution in [0.4, 0.5) is 0 Å². The van der Waals surface area contributed by atoms with Gasteiger partial charge in [-0.1, -0.05) is 0 Å². The molecule has 0 spiro atoms. The summed E-state index contributed by atoms with van der Waals surface area (Å²) in [5.41, 5.74) is 0. The fourth-order valence-corrected chi connectivity index (χ4v) is 13.4. The second-order valence-corrected chi connectivity index (χ2v) is 15.4. The van der Waals surface area contributed by atoms with Crippen molar-refractivity contribution in [2.24, 2.45) is 0 Å². The van der Waals surface area contributed by atoms with Gasteiger partial charge in [0.25, 0.3) is 0 Å². The molecular formula is C10H30O12Si4. The third-order valence-electron chi connectivity index (χ3n) is 3.18. The van der Waals surface area contributed by atoms with Crippen LogP contribution in [-0.4, -0.2) is 99.9 Å². The van der Waals surface area contributed by atoms with Crippen molar-refractivity contribution in [3.8, 4) is 0 Å². The van der Waals surface area contributed by atoms with Crippen LogP contribution in [0.15, 0.2) is 0 Å². The smallest absolute Gasteiger partial charge is 0.355 e. The van der Waals surface area contributed by atoms with E-state index in [9.17, 15) is 0 Å². The lowest BCUT2D eigenvalue weighted by Gasteiger charge is -2.39. The monoisotopic (exact) mass is 454 g/mol. The van der Waals surface area contributed by atoms with E-state index in [1.165, 1.54) is 70.5 Å². The molecule has 12 nitrogen and oxygen atoms in total. The van der Waals surface area contributed by atoms with Crippen molar-refractivity contribution < 1.29 is 52.2 Å². The molecule has 0 amide bonds. The maximum Gasteiger partial charge on any atom is 0.671 e. The molecule has 0 saturated heterocycles. The van der Waals surface area contributed by atoms with Crippen molar-refractivity contribution >= 4 is 35.9 Å². The second-order valence-electron chi connectivity index (χ2n) is 4.51. The van der Waals surface area contributed by atoms with Gasteiger partial charge in [-0.05, 0) is 0 Å². The molecule has 0 unspecified atom stereocenters. The third-order valence-corrected chi connectivity index (χ3v) is 15.1. The van der Waals surface area contributed by atoms with Gasteiger partial charge in [0.1, 0.15) is 0 Å². The topological polar surface area (TPSA) is 111 Å². The highest BCUT2D eigenvalue weighted by molar-refractivity contribution is 6.81. The Labute approximate surface area is 159 Å². The Morgan fingerprint density at radius 1 is 0.346 bits per heavy atom. The van der Waals surface area contributed by atoms with Gasteiger partial charge in [-0.15, -0.1) is 0 Å². The molecule has 0 N–H and O–H groups in total. The lowest BCUT2D eigenvalue weighted by molar-refractivity contribution is -0.0234. The third kappa shape index (κ3) is 6.48. The van der Waals surface area contributed by atoms with Crippen LogP contribution in [0.25, 0.3) is 0 Å². The minimum atomic E-state index is -3.78. The highest BCUT2D eigenvalue weighted by atomic mass is 28.5. The van der Waals surface area contributed by atoms with Gasteiger partial charge >= 0.3 is 35.9 Å². The molecule has 0 aromatic carbocycles. The zero-order valence-electron chi connectivity index (χ0n) is 16.9. The lowest BCUT2D eigenvalue weighted by atomic mass is 11.8. The molecule has 158 valence electrons. The molecule has 26 heavy (non-hydrogen) atoms. The average molecular weight is 455 g/mol. The summed E-state index contributed by atoms with van der Waals surface area (Å²) < 4.78 is 65.5. The molecule has 0 atom stereocenters. The molecule has 0 fully saturated rings. The molecule has 0 rings (SSSR count). The first-order valence-corrected chi connectivity index (χ1v) is 14.4. The molecule has 0 aliphatic rings. The van der Waals surface area contributed by atoms with Crippen molar-refractivity contribution in [3.05, 3.63) is 0 Å². The Hall–Kier alpha value is 0.388. The zero-order valence-corrected chi connectivity index (χ0v) is 20.9. The van der Waals surface area contributed by atoms with Gasteiger partial charge < -0.3 is 52.2 Å². The van der Waals surface area contributed by atoms with Crippen LogP contribution in [0.1, 0.15) is 0 Å². The highest BCUT2D eigenvalue weighted by Gasteiger charge is 2.63. The van der Waals surface area contributed by atoms with Crippen LogP contribution in [-0.2, 0) is 52.2 Å². The first-order chi connectivity index (χ1) is 12.2. The van der Waals surface area contributed by atoms with Gasteiger partial charge in [0.15, 0.2) is 0 Å². The van der Waals surface area contributed by atoms with Crippen molar-refractivity contribution in [2.45, 2.75) is 6.55 Å². The van der Waals surface area contributed by atoms with Crippen LogP contribution in [0.3, 0.4) is 0 Å². The van der Waals surface area contributed by atoms with Crippen LogP contribution in [0, 0.1) is 0 Å². The number of hydrogen-bond donors (Lipinski definition) is 0. The SMILES string of the molecule is CO[Si](OC)(OC)O[Si](C)(O[Si](OC)(OC)OC)O[Si](OC)(OC)OC. The number of rotatable bonds is 15. The molecule has 0 aliphatic heterocycles. The van der Waals surface area contributed by atoms with Crippen molar-refractivity contribution in [1.29, 1.82) is 0 Å². The Balaban J connectivity index is 5.99. The first kappa shape index (κ1) is 26.4. The average Bonchev–Trinajstić information content (AvgIpc) is 2.69. The molecule has 0 aliphatic carbocycles. The highest BCUT2D eigenvalue weighted by Crippen LogP contribution is 2.27. The van der Waals surface area contributed by atoms with E-state index in [1.54, 1.807) is 0 Å². The van der Waals surface area contributed by atoms with E-state index in [2.05, 4.69) is 0 Å². The normalized spacial score (nSPS) is 14.1. The summed E-state index contributed by atoms with van der Waals surface area (Å²) in [7, 11) is -2.27. The fraction of sp³-hybridized carbons (Fsp3) is 1.00. The van der Waals surface area contributed by atoms with E-state index in [0.717, 1.165) is 0 Å². The summed E-state index contributed by atoms with van der Waals surface area (Å²) in [5.74, 6) is 0. The van der Waals surface area contributed by atoms with Gasteiger partial charge in [0, 0.05) is 70.5 Å². The molecule has 0 heterocycles. The van der Waals surface area contributed by atoms with E-state index >= 15 is 0 Å². The van der Waals surface area contributed by atoms with Crippen LogP contribution in [0.5, 0.6) is 0 Å².